The second kappa shape index (κ2) is 5.39. The lowest BCUT2D eigenvalue weighted by Gasteiger charge is -2.10. The molecular weight excluding hydrogens is 320 g/mol. The van der Waals surface area contributed by atoms with Crippen molar-refractivity contribution in [3.63, 3.8) is 0 Å². The lowest BCUT2D eigenvalue weighted by Crippen LogP contribution is -2.19. The Labute approximate surface area is 126 Å². The molecule has 0 aliphatic heterocycles. The van der Waals surface area contributed by atoms with E-state index < -0.39 is 10.0 Å². The van der Waals surface area contributed by atoms with Gasteiger partial charge in [-0.1, -0.05) is 23.8 Å². The summed E-state index contributed by atoms with van der Waals surface area (Å²) in [6.07, 6.45) is 1.40. The zero-order valence-electron chi connectivity index (χ0n) is 10.4. The molecule has 0 amide bonds. The van der Waals surface area contributed by atoms with Gasteiger partial charge in [-0.3, -0.25) is 9.40 Å². The van der Waals surface area contributed by atoms with Crippen molar-refractivity contribution in [2.75, 3.05) is 4.72 Å². The summed E-state index contributed by atoms with van der Waals surface area (Å²) in [5.41, 5.74) is 5.89. The zero-order valence-corrected chi connectivity index (χ0v) is 12.8. The summed E-state index contributed by atoms with van der Waals surface area (Å²) in [4.78, 5) is 0.142. The summed E-state index contributed by atoms with van der Waals surface area (Å²) in [7, 11) is -2.18. The van der Waals surface area contributed by atoms with Crippen molar-refractivity contribution in [1.82, 2.24) is 9.78 Å². The highest BCUT2D eigenvalue weighted by atomic mass is 35.5. The molecule has 0 unspecified atom stereocenters. The number of aryl methyl sites for hydroxylation is 1. The fourth-order valence-corrected chi connectivity index (χ4v) is 2.92. The molecule has 0 fully saturated rings. The van der Waals surface area contributed by atoms with E-state index in [4.69, 9.17) is 29.6 Å². The number of benzene rings is 1. The summed E-state index contributed by atoms with van der Waals surface area (Å²) in [5.74, 6) is 0.215. The van der Waals surface area contributed by atoms with E-state index in [1.807, 2.05) is 0 Å². The molecule has 3 N–H and O–H groups in total. The maximum absolute atomic E-state index is 12.3. The number of halogens is 1. The molecule has 2 aromatic rings. The summed E-state index contributed by atoms with van der Waals surface area (Å²) in [5, 5.41) is 4.38. The molecule has 9 heteroatoms. The van der Waals surface area contributed by atoms with Crippen LogP contribution in [0.25, 0.3) is 0 Å². The molecule has 0 saturated carbocycles. The molecule has 0 radical (unpaired) electrons. The third kappa shape index (κ3) is 2.92. The third-order valence-corrected chi connectivity index (χ3v) is 4.39. The number of anilines is 1. The first kappa shape index (κ1) is 14.8. The quantitative estimate of drug-likeness (QED) is 0.829. The van der Waals surface area contributed by atoms with E-state index in [-0.39, 0.29) is 15.7 Å². The highest BCUT2D eigenvalue weighted by Gasteiger charge is 2.19. The SMILES string of the molecule is Cn1ncc(C(N)=S)c1NS(=O)(=O)c1ccc(Cl)cc1. The van der Waals surface area contributed by atoms with E-state index in [2.05, 4.69) is 9.82 Å². The predicted molar refractivity (Wildman–Crippen MR) is 81.4 cm³/mol. The van der Waals surface area contributed by atoms with Gasteiger partial charge in [0.25, 0.3) is 10.0 Å². The van der Waals surface area contributed by atoms with Crippen LogP contribution in [0.2, 0.25) is 5.02 Å². The average Bonchev–Trinajstić information content (AvgIpc) is 2.71. The van der Waals surface area contributed by atoms with Gasteiger partial charge in [0, 0.05) is 12.1 Å². The Kier molecular flexibility index (Phi) is 3.98. The Balaban J connectivity index is 2.41. The van der Waals surface area contributed by atoms with E-state index in [1.165, 1.54) is 35.1 Å². The topological polar surface area (TPSA) is 90.0 Å². The van der Waals surface area contributed by atoms with E-state index in [0.29, 0.717) is 10.6 Å². The number of hydrogen-bond acceptors (Lipinski definition) is 4. The van der Waals surface area contributed by atoms with E-state index in [9.17, 15) is 8.42 Å². The van der Waals surface area contributed by atoms with Crippen molar-refractivity contribution >= 4 is 44.6 Å². The molecule has 106 valence electrons. The van der Waals surface area contributed by atoms with Gasteiger partial charge in [-0.15, -0.1) is 0 Å². The van der Waals surface area contributed by atoms with Crippen LogP contribution in [0, 0.1) is 0 Å². The standard InChI is InChI=1S/C11H11ClN4O2S2/c1-16-11(9(6-14-16)10(13)19)15-20(17,18)8-4-2-7(12)3-5-8/h2-6,15H,1H3,(H2,13,19). The van der Waals surface area contributed by atoms with Crippen molar-refractivity contribution in [3.05, 3.63) is 41.0 Å². The van der Waals surface area contributed by atoms with Crippen LogP contribution in [0.4, 0.5) is 5.82 Å². The molecule has 1 heterocycles. The van der Waals surface area contributed by atoms with Crippen LogP contribution in [0.3, 0.4) is 0 Å². The Morgan fingerprint density at radius 3 is 2.55 bits per heavy atom. The highest BCUT2D eigenvalue weighted by Crippen LogP contribution is 2.20. The maximum atomic E-state index is 12.3. The number of thiocarbonyl (C=S) groups is 1. The lowest BCUT2D eigenvalue weighted by molar-refractivity contribution is 0.600. The van der Waals surface area contributed by atoms with Gasteiger partial charge in [0.15, 0.2) is 0 Å². The van der Waals surface area contributed by atoms with Gasteiger partial charge in [0.2, 0.25) is 0 Å². The molecule has 0 atom stereocenters. The predicted octanol–water partition coefficient (Wildman–Crippen LogP) is 1.51. The molecule has 0 aliphatic rings. The van der Waals surface area contributed by atoms with Crippen molar-refractivity contribution in [3.8, 4) is 0 Å². The normalized spacial score (nSPS) is 11.3. The number of nitrogens with zero attached hydrogens (tertiary/aromatic N) is 2. The first-order chi connectivity index (χ1) is 9.31. The minimum Gasteiger partial charge on any atom is -0.389 e. The number of sulfonamides is 1. The number of nitrogens with two attached hydrogens (primary N) is 1. The minimum atomic E-state index is -3.76. The molecular formula is C11H11ClN4O2S2. The van der Waals surface area contributed by atoms with Crippen molar-refractivity contribution in [2.45, 2.75) is 4.90 Å². The summed E-state index contributed by atoms with van der Waals surface area (Å²) in [6.45, 7) is 0. The van der Waals surface area contributed by atoms with Gasteiger partial charge in [-0.25, -0.2) is 8.42 Å². The van der Waals surface area contributed by atoms with Crippen LogP contribution in [0.5, 0.6) is 0 Å². The van der Waals surface area contributed by atoms with Gasteiger partial charge in [0.1, 0.15) is 10.8 Å². The fraction of sp³-hybridized carbons (Fsp3) is 0.0909. The van der Waals surface area contributed by atoms with Crippen LogP contribution >= 0.6 is 23.8 Å². The third-order valence-electron chi connectivity index (χ3n) is 2.56. The van der Waals surface area contributed by atoms with Crippen LogP contribution in [0.15, 0.2) is 35.4 Å². The second-order valence-electron chi connectivity index (χ2n) is 3.95. The summed E-state index contributed by atoms with van der Waals surface area (Å²) in [6, 6.07) is 5.80. The fourth-order valence-electron chi connectivity index (χ4n) is 1.54. The van der Waals surface area contributed by atoms with Gasteiger partial charge in [0.05, 0.1) is 16.7 Å². The second-order valence-corrected chi connectivity index (χ2v) is 6.51. The van der Waals surface area contributed by atoms with Crippen LogP contribution in [-0.2, 0) is 17.1 Å². The Bertz CT molecular complexity index is 753. The molecule has 0 saturated heterocycles. The highest BCUT2D eigenvalue weighted by molar-refractivity contribution is 7.92. The Hall–Kier alpha value is -1.64. The van der Waals surface area contributed by atoms with Crippen LogP contribution < -0.4 is 10.5 Å². The van der Waals surface area contributed by atoms with Crippen molar-refractivity contribution in [1.29, 1.82) is 0 Å². The first-order valence-corrected chi connectivity index (χ1v) is 7.68. The molecule has 2 rings (SSSR count). The average molecular weight is 331 g/mol. The maximum Gasteiger partial charge on any atom is 0.263 e. The molecule has 1 aromatic heterocycles. The van der Waals surface area contributed by atoms with E-state index in [1.54, 1.807) is 7.05 Å². The van der Waals surface area contributed by atoms with E-state index >= 15 is 0 Å². The van der Waals surface area contributed by atoms with Crippen LogP contribution in [0.1, 0.15) is 5.56 Å². The monoisotopic (exact) mass is 330 g/mol. The molecule has 20 heavy (non-hydrogen) atoms. The first-order valence-electron chi connectivity index (χ1n) is 5.41. The lowest BCUT2D eigenvalue weighted by atomic mass is 10.3. The number of nitrogens with one attached hydrogen (secondary N) is 1. The minimum absolute atomic E-state index is 0.0620. The molecule has 6 nitrogen and oxygen atoms in total. The number of rotatable bonds is 4. The van der Waals surface area contributed by atoms with Gasteiger partial charge in [-0.2, -0.15) is 5.10 Å². The Morgan fingerprint density at radius 2 is 2.00 bits per heavy atom. The van der Waals surface area contributed by atoms with Crippen molar-refractivity contribution in [2.24, 2.45) is 12.8 Å². The number of aromatic nitrogens is 2. The Morgan fingerprint density at radius 1 is 1.40 bits per heavy atom. The number of hydrogen-bond donors (Lipinski definition) is 2. The van der Waals surface area contributed by atoms with Crippen LogP contribution in [-0.4, -0.2) is 23.2 Å². The van der Waals surface area contributed by atoms with Gasteiger partial charge in [-0.05, 0) is 24.3 Å². The molecule has 1 aromatic carbocycles. The molecule has 0 aliphatic carbocycles. The summed E-state index contributed by atoms with van der Waals surface area (Å²) >= 11 is 10.6. The smallest absolute Gasteiger partial charge is 0.263 e. The van der Waals surface area contributed by atoms with Crippen molar-refractivity contribution < 1.29 is 8.42 Å². The zero-order chi connectivity index (χ0) is 14.9. The van der Waals surface area contributed by atoms with Gasteiger partial charge >= 0.3 is 0 Å². The van der Waals surface area contributed by atoms with E-state index in [0.717, 1.165) is 0 Å². The molecule has 0 spiro atoms. The largest absolute Gasteiger partial charge is 0.389 e. The molecule has 0 bridgehead atoms. The van der Waals surface area contributed by atoms with Gasteiger partial charge < -0.3 is 5.73 Å². The summed E-state index contributed by atoms with van der Waals surface area (Å²) < 4.78 is 28.3.